The van der Waals surface area contributed by atoms with Crippen LogP contribution in [-0.2, 0) is 21.4 Å². The van der Waals surface area contributed by atoms with Gasteiger partial charge in [0.2, 0.25) is 15.9 Å². The number of hydrogen-bond donors (Lipinski definition) is 1. The summed E-state index contributed by atoms with van der Waals surface area (Å²) in [5.41, 5.74) is 1.50. The molecule has 2 aromatic rings. The molecule has 1 aliphatic heterocycles. The van der Waals surface area contributed by atoms with Crippen molar-refractivity contribution in [1.29, 1.82) is 0 Å². The van der Waals surface area contributed by atoms with Gasteiger partial charge in [0.1, 0.15) is 6.04 Å². The highest BCUT2D eigenvalue weighted by Gasteiger charge is 2.25. The van der Waals surface area contributed by atoms with Crippen LogP contribution in [0, 0.1) is 6.92 Å². The summed E-state index contributed by atoms with van der Waals surface area (Å²) in [6.45, 7) is 2.67. The van der Waals surface area contributed by atoms with Crippen LogP contribution in [0.1, 0.15) is 36.6 Å². The Morgan fingerprint density at radius 2 is 2.00 bits per heavy atom. The molecular formula is C17H23N5O3S. The maximum absolute atomic E-state index is 12.7. The third-order valence-corrected chi connectivity index (χ3v) is 6.31. The van der Waals surface area contributed by atoms with E-state index in [1.807, 2.05) is 6.92 Å². The van der Waals surface area contributed by atoms with Crippen molar-refractivity contribution in [2.24, 2.45) is 0 Å². The fourth-order valence-corrected chi connectivity index (χ4v) is 4.06. The van der Waals surface area contributed by atoms with E-state index in [4.69, 9.17) is 0 Å². The van der Waals surface area contributed by atoms with Gasteiger partial charge in [-0.2, -0.15) is 4.31 Å². The molecule has 26 heavy (non-hydrogen) atoms. The molecule has 140 valence electrons. The molecule has 1 aliphatic rings. The summed E-state index contributed by atoms with van der Waals surface area (Å²) >= 11 is 0. The summed E-state index contributed by atoms with van der Waals surface area (Å²) in [5.74, 6) is -0.0698. The zero-order chi connectivity index (χ0) is 18.7. The Hall–Kier alpha value is -2.26. The van der Waals surface area contributed by atoms with E-state index >= 15 is 0 Å². The van der Waals surface area contributed by atoms with Crippen molar-refractivity contribution in [3.05, 3.63) is 41.7 Å². The van der Waals surface area contributed by atoms with Crippen LogP contribution in [0.25, 0.3) is 0 Å². The number of nitrogens with one attached hydrogen (secondary N) is 1. The first-order valence-corrected chi connectivity index (χ1v) is 10.0. The summed E-state index contributed by atoms with van der Waals surface area (Å²) in [6.07, 6.45) is 4.23. The molecule has 1 unspecified atom stereocenters. The molecule has 3 rings (SSSR count). The van der Waals surface area contributed by atoms with E-state index in [-0.39, 0.29) is 17.3 Å². The standard InChI is InChI=1S/C17H23N5O3S/c1-13-6-8-15(9-7-13)26(24,25)21(2)11-14-12-22(20-19-14)16-5-3-4-10-18-17(16)23/h6-9,12,16H,3-5,10-11H2,1-2H3,(H,18,23). The molecule has 8 nitrogen and oxygen atoms in total. The second kappa shape index (κ2) is 7.55. The van der Waals surface area contributed by atoms with Crippen molar-refractivity contribution in [3.63, 3.8) is 0 Å². The summed E-state index contributed by atoms with van der Waals surface area (Å²) < 4.78 is 28.1. The largest absolute Gasteiger partial charge is 0.354 e. The number of aromatic nitrogens is 3. The summed E-state index contributed by atoms with van der Waals surface area (Å²) in [4.78, 5) is 12.3. The van der Waals surface area contributed by atoms with Gasteiger partial charge < -0.3 is 5.32 Å². The lowest BCUT2D eigenvalue weighted by Gasteiger charge is -2.16. The fraction of sp³-hybridized carbons (Fsp3) is 0.471. The van der Waals surface area contributed by atoms with E-state index in [2.05, 4.69) is 15.6 Å². The molecule has 0 saturated carbocycles. The van der Waals surface area contributed by atoms with E-state index in [9.17, 15) is 13.2 Å². The third kappa shape index (κ3) is 3.94. The molecule has 1 aromatic carbocycles. The van der Waals surface area contributed by atoms with Crippen molar-refractivity contribution in [1.82, 2.24) is 24.6 Å². The molecule has 0 aliphatic carbocycles. The van der Waals surface area contributed by atoms with Crippen LogP contribution in [0.3, 0.4) is 0 Å². The van der Waals surface area contributed by atoms with Crippen molar-refractivity contribution in [3.8, 4) is 0 Å². The Bertz CT molecular complexity index is 876. The van der Waals surface area contributed by atoms with Crippen molar-refractivity contribution < 1.29 is 13.2 Å². The summed E-state index contributed by atoms with van der Waals surface area (Å²) in [7, 11) is -2.10. The Morgan fingerprint density at radius 1 is 1.27 bits per heavy atom. The highest BCUT2D eigenvalue weighted by Crippen LogP contribution is 2.19. The molecule has 9 heteroatoms. The van der Waals surface area contributed by atoms with Crippen LogP contribution in [0.4, 0.5) is 0 Å². The minimum absolute atomic E-state index is 0.0698. The van der Waals surface area contributed by atoms with Gasteiger partial charge in [0.15, 0.2) is 0 Å². The fourth-order valence-electron chi connectivity index (χ4n) is 2.92. The van der Waals surface area contributed by atoms with Gasteiger partial charge in [0, 0.05) is 13.6 Å². The molecule has 0 radical (unpaired) electrons. The lowest BCUT2D eigenvalue weighted by molar-refractivity contribution is -0.124. The zero-order valence-electron chi connectivity index (χ0n) is 14.9. The van der Waals surface area contributed by atoms with E-state index in [0.29, 0.717) is 18.7 Å². The highest BCUT2D eigenvalue weighted by molar-refractivity contribution is 7.89. The van der Waals surface area contributed by atoms with Gasteiger partial charge >= 0.3 is 0 Å². The van der Waals surface area contributed by atoms with E-state index in [0.717, 1.165) is 18.4 Å². The maximum Gasteiger partial charge on any atom is 0.244 e. The number of benzene rings is 1. The van der Waals surface area contributed by atoms with Gasteiger partial charge in [0.05, 0.1) is 23.3 Å². The second-order valence-corrected chi connectivity index (χ2v) is 8.61. The Morgan fingerprint density at radius 3 is 2.73 bits per heavy atom. The van der Waals surface area contributed by atoms with Crippen molar-refractivity contribution in [2.45, 2.75) is 43.7 Å². The Balaban J connectivity index is 1.73. The maximum atomic E-state index is 12.7. The number of amides is 1. The number of hydrogen-bond acceptors (Lipinski definition) is 5. The quantitative estimate of drug-likeness (QED) is 0.846. The van der Waals surface area contributed by atoms with Gasteiger partial charge in [-0.15, -0.1) is 5.10 Å². The van der Waals surface area contributed by atoms with Crippen LogP contribution >= 0.6 is 0 Å². The first-order chi connectivity index (χ1) is 12.4. The molecule has 1 aromatic heterocycles. The second-order valence-electron chi connectivity index (χ2n) is 6.57. The molecule has 2 heterocycles. The first kappa shape index (κ1) is 18.5. The number of nitrogens with zero attached hydrogens (tertiary/aromatic N) is 4. The number of sulfonamides is 1. The normalized spacial score (nSPS) is 18.6. The number of aryl methyl sites for hydroxylation is 1. The van der Waals surface area contributed by atoms with Gasteiger partial charge in [-0.25, -0.2) is 13.1 Å². The molecule has 1 fully saturated rings. The summed E-state index contributed by atoms with van der Waals surface area (Å²) in [6, 6.07) is 6.32. The molecule has 1 amide bonds. The van der Waals surface area contributed by atoms with E-state index < -0.39 is 16.1 Å². The minimum Gasteiger partial charge on any atom is -0.354 e. The Kier molecular flexibility index (Phi) is 5.38. The first-order valence-electron chi connectivity index (χ1n) is 8.59. The molecular weight excluding hydrogens is 354 g/mol. The lowest BCUT2D eigenvalue weighted by Crippen LogP contribution is -2.31. The molecule has 0 bridgehead atoms. The highest BCUT2D eigenvalue weighted by atomic mass is 32.2. The lowest BCUT2D eigenvalue weighted by atomic mass is 10.1. The van der Waals surface area contributed by atoms with Gasteiger partial charge in [-0.05, 0) is 38.3 Å². The summed E-state index contributed by atoms with van der Waals surface area (Å²) in [5, 5.41) is 10.9. The van der Waals surface area contributed by atoms with Gasteiger partial charge in [-0.1, -0.05) is 22.9 Å². The number of carbonyl (C=O) groups excluding carboxylic acids is 1. The predicted octanol–water partition coefficient (Wildman–Crippen LogP) is 1.25. The van der Waals surface area contributed by atoms with Gasteiger partial charge in [0.25, 0.3) is 0 Å². The van der Waals surface area contributed by atoms with Crippen molar-refractivity contribution in [2.75, 3.05) is 13.6 Å². The van der Waals surface area contributed by atoms with Crippen LogP contribution in [0.2, 0.25) is 0 Å². The zero-order valence-corrected chi connectivity index (χ0v) is 15.7. The van der Waals surface area contributed by atoms with Crippen LogP contribution in [-0.4, -0.2) is 47.2 Å². The monoisotopic (exact) mass is 377 g/mol. The minimum atomic E-state index is -3.61. The Labute approximate surface area is 153 Å². The van der Waals surface area contributed by atoms with E-state index in [1.54, 1.807) is 30.5 Å². The smallest absolute Gasteiger partial charge is 0.244 e. The van der Waals surface area contributed by atoms with Crippen LogP contribution < -0.4 is 5.32 Å². The molecule has 0 spiro atoms. The van der Waals surface area contributed by atoms with Gasteiger partial charge in [-0.3, -0.25) is 4.79 Å². The molecule has 1 saturated heterocycles. The van der Waals surface area contributed by atoms with Crippen LogP contribution in [0.15, 0.2) is 35.4 Å². The predicted molar refractivity (Wildman–Crippen MR) is 95.8 cm³/mol. The number of rotatable bonds is 5. The van der Waals surface area contributed by atoms with Crippen LogP contribution in [0.5, 0.6) is 0 Å². The van der Waals surface area contributed by atoms with Crippen molar-refractivity contribution >= 4 is 15.9 Å². The number of carbonyl (C=O) groups is 1. The third-order valence-electron chi connectivity index (χ3n) is 4.50. The average Bonchev–Trinajstić information content (AvgIpc) is 2.95. The average molecular weight is 377 g/mol. The SMILES string of the molecule is Cc1ccc(S(=O)(=O)N(C)Cc2cn(C3CCCCNC3=O)nn2)cc1. The topological polar surface area (TPSA) is 97.2 Å². The molecule has 1 atom stereocenters. The van der Waals surface area contributed by atoms with E-state index in [1.165, 1.54) is 16.0 Å². The molecule has 1 N–H and O–H groups in total.